The summed E-state index contributed by atoms with van der Waals surface area (Å²) >= 11 is 6.09. The third-order valence-corrected chi connectivity index (χ3v) is 5.71. The van der Waals surface area contributed by atoms with E-state index in [1.165, 1.54) is 0 Å². The van der Waals surface area contributed by atoms with Crippen LogP contribution in [-0.4, -0.2) is 33.6 Å². The Labute approximate surface area is 190 Å². The molecule has 3 aromatic rings. The maximum absolute atomic E-state index is 12.7. The number of nitrogens with zero attached hydrogens (tertiary/aromatic N) is 3. The molecule has 1 aromatic carbocycles. The van der Waals surface area contributed by atoms with E-state index in [9.17, 15) is 9.59 Å². The van der Waals surface area contributed by atoms with E-state index < -0.39 is 0 Å². The number of fused-ring (bicyclic) bond motifs is 1. The molecule has 1 aliphatic carbocycles. The van der Waals surface area contributed by atoms with Gasteiger partial charge in [-0.05, 0) is 38.3 Å². The number of carbonyl (C=O) groups excluding carboxylic acids is 2. The number of halogens is 1. The highest BCUT2D eigenvalue weighted by Gasteiger charge is 2.28. The van der Waals surface area contributed by atoms with Gasteiger partial charge in [-0.1, -0.05) is 23.7 Å². The van der Waals surface area contributed by atoms with Crippen molar-refractivity contribution in [2.24, 2.45) is 5.10 Å². The molecule has 2 heterocycles. The Hall–Kier alpha value is -3.39. The van der Waals surface area contributed by atoms with E-state index in [1.807, 2.05) is 17.7 Å². The van der Waals surface area contributed by atoms with Gasteiger partial charge in [0, 0.05) is 43.0 Å². The summed E-state index contributed by atoms with van der Waals surface area (Å²) in [5.74, 6) is 0.391. The van der Waals surface area contributed by atoms with Crippen molar-refractivity contribution in [1.82, 2.24) is 20.3 Å². The van der Waals surface area contributed by atoms with Crippen LogP contribution in [0.3, 0.4) is 0 Å². The maximum atomic E-state index is 12.7. The summed E-state index contributed by atoms with van der Waals surface area (Å²) in [7, 11) is 0. The van der Waals surface area contributed by atoms with Crippen molar-refractivity contribution in [3.63, 3.8) is 0 Å². The average Bonchev–Trinajstić information content (AvgIpc) is 3.43. The molecule has 0 saturated heterocycles. The molecule has 0 saturated carbocycles. The summed E-state index contributed by atoms with van der Waals surface area (Å²) < 4.78 is 7.86. The van der Waals surface area contributed by atoms with E-state index in [4.69, 9.17) is 16.0 Å². The molecule has 4 rings (SSSR count). The van der Waals surface area contributed by atoms with Gasteiger partial charge in [0.15, 0.2) is 5.76 Å². The molecule has 8 nitrogen and oxygen atoms in total. The van der Waals surface area contributed by atoms with Crippen LogP contribution in [0.25, 0.3) is 0 Å². The fraction of sp³-hybridized carbons (Fsp3) is 0.304. The smallest absolute Gasteiger partial charge is 0.287 e. The van der Waals surface area contributed by atoms with Gasteiger partial charge in [-0.15, -0.1) is 0 Å². The third kappa shape index (κ3) is 4.75. The fourth-order valence-corrected chi connectivity index (χ4v) is 4.00. The average molecular weight is 454 g/mol. The molecule has 2 N–H and O–H groups in total. The van der Waals surface area contributed by atoms with E-state index in [1.54, 1.807) is 36.8 Å². The zero-order valence-corrected chi connectivity index (χ0v) is 18.5. The van der Waals surface area contributed by atoms with Gasteiger partial charge in [0.1, 0.15) is 5.76 Å². The molecule has 0 fully saturated rings. The molecule has 2 amide bonds. The number of aryl methyl sites for hydroxylation is 2. The number of rotatable bonds is 7. The van der Waals surface area contributed by atoms with Gasteiger partial charge in [0.2, 0.25) is 0 Å². The number of hydrazone groups is 1. The van der Waals surface area contributed by atoms with Crippen LogP contribution in [0.5, 0.6) is 0 Å². The summed E-state index contributed by atoms with van der Waals surface area (Å²) in [5, 5.41) is 7.61. The fourth-order valence-electron chi connectivity index (χ4n) is 3.78. The first kappa shape index (κ1) is 21.8. The molecule has 0 spiro atoms. The van der Waals surface area contributed by atoms with Crippen LogP contribution >= 0.6 is 11.6 Å². The molecule has 32 heavy (non-hydrogen) atoms. The number of aromatic nitrogens is 2. The van der Waals surface area contributed by atoms with Crippen molar-refractivity contribution in [1.29, 1.82) is 0 Å². The summed E-state index contributed by atoms with van der Waals surface area (Å²) in [4.78, 5) is 29.1. The van der Waals surface area contributed by atoms with Gasteiger partial charge < -0.3 is 14.3 Å². The van der Waals surface area contributed by atoms with Crippen LogP contribution < -0.4 is 10.7 Å². The highest BCUT2D eigenvalue weighted by atomic mass is 35.5. The minimum atomic E-state index is -0.382. The van der Waals surface area contributed by atoms with Crippen molar-refractivity contribution < 1.29 is 14.0 Å². The number of benzene rings is 1. The highest BCUT2D eigenvalue weighted by Crippen LogP contribution is 2.30. The van der Waals surface area contributed by atoms with Gasteiger partial charge in [-0.2, -0.15) is 5.10 Å². The lowest BCUT2D eigenvalue weighted by molar-refractivity contribution is 0.0920. The minimum absolute atomic E-state index is 0.248. The molecular weight excluding hydrogens is 430 g/mol. The molecule has 2 aromatic heterocycles. The Morgan fingerprint density at radius 3 is 2.88 bits per heavy atom. The topological polar surface area (TPSA) is 102 Å². The Balaban J connectivity index is 1.43. The normalized spacial score (nSPS) is 14.2. The maximum Gasteiger partial charge on any atom is 0.287 e. The molecule has 0 bridgehead atoms. The predicted octanol–water partition coefficient (Wildman–Crippen LogP) is 3.73. The summed E-state index contributed by atoms with van der Waals surface area (Å²) in [6.45, 7) is 3.14. The van der Waals surface area contributed by atoms with Crippen LogP contribution in [0.2, 0.25) is 5.02 Å². The molecule has 1 aliphatic rings. The van der Waals surface area contributed by atoms with E-state index in [2.05, 4.69) is 20.8 Å². The van der Waals surface area contributed by atoms with Gasteiger partial charge in [0.05, 0.1) is 22.6 Å². The first-order valence-electron chi connectivity index (χ1n) is 10.5. The number of imidazole rings is 1. The van der Waals surface area contributed by atoms with Gasteiger partial charge in [0.25, 0.3) is 11.8 Å². The largest absolute Gasteiger partial charge is 0.455 e. The van der Waals surface area contributed by atoms with Gasteiger partial charge in [-0.25, -0.2) is 10.4 Å². The number of carbonyl (C=O) groups is 2. The predicted molar refractivity (Wildman–Crippen MR) is 121 cm³/mol. The van der Waals surface area contributed by atoms with E-state index in [-0.39, 0.29) is 11.8 Å². The zero-order chi connectivity index (χ0) is 22.5. The molecule has 0 radical (unpaired) electrons. The monoisotopic (exact) mass is 453 g/mol. The van der Waals surface area contributed by atoms with Crippen molar-refractivity contribution in [2.45, 2.75) is 39.2 Å². The second-order valence-electron chi connectivity index (χ2n) is 7.60. The van der Waals surface area contributed by atoms with Crippen LogP contribution in [-0.2, 0) is 13.0 Å². The number of nitrogens with one attached hydrogen (secondary N) is 2. The van der Waals surface area contributed by atoms with Crippen molar-refractivity contribution in [3.05, 3.63) is 76.2 Å². The standard InChI is InChI=1S/C23H24ClN5O3/c1-15-20-18(27-28-22(30)16-6-2-3-7-17(16)24)8-4-9-19(20)32-21(15)23(31)26-10-5-12-29-13-11-25-14-29/h2-3,6-7,11,13-14H,4-5,8-10,12H2,1H3,(H,26,31)(H,28,30)/b27-18+. The van der Waals surface area contributed by atoms with Crippen LogP contribution in [0, 0.1) is 6.92 Å². The third-order valence-electron chi connectivity index (χ3n) is 5.38. The lowest BCUT2D eigenvalue weighted by Gasteiger charge is -2.13. The molecule has 0 atom stereocenters. The van der Waals surface area contributed by atoms with Crippen LogP contribution in [0.4, 0.5) is 0 Å². The SMILES string of the molecule is Cc1c(C(=O)NCCCn2ccnc2)oc2c1/C(=N/NC(=O)c1ccccc1Cl)CCC2. The lowest BCUT2D eigenvalue weighted by Crippen LogP contribution is -2.25. The zero-order valence-electron chi connectivity index (χ0n) is 17.7. The van der Waals surface area contributed by atoms with E-state index in [0.717, 1.165) is 42.7 Å². The Kier molecular flexibility index (Phi) is 6.70. The van der Waals surface area contributed by atoms with Gasteiger partial charge >= 0.3 is 0 Å². The second kappa shape index (κ2) is 9.82. The van der Waals surface area contributed by atoms with Crippen molar-refractivity contribution >= 4 is 29.1 Å². The Morgan fingerprint density at radius 2 is 2.09 bits per heavy atom. The van der Waals surface area contributed by atoms with E-state index in [0.29, 0.717) is 35.0 Å². The number of hydrogen-bond acceptors (Lipinski definition) is 5. The second-order valence-corrected chi connectivity index (χ2v) is 8.00. The number of furan rings is 1. The first-order valence-corrected chi connectivity index (χ1v) is 10.9. The van der Waals surface area contributed by atoms with Crippen LogP contribution in [0.1, 0.15) is 57.1 Å². The summed E-state index contributed by atoms with van der Waals surface area (Å²) in [6.07, 6.45) is 8.37. The van der Waals surface area contributed by atoms with Crippen molar-refractivity contribution in [2.75, 3.05) is 6.54 Å². The Morgan fingerprint density at radius 1 is 1.25 bits per heavy atom. The van der Waals surface area contributed by atoms with E-state index >= 15 is 0 Å². The minimum Gasteiger partial charge on any atom is -0.455 e. The molecular formula is C23H24ClN5O3. The summed E-state index contributed by atoms with van der Waals surface area (Å²) in [5.41, 5.74) is 5.18. The van der Waals surface area contributed by atoms with Gasteiger partial charge in [-0.3, -0.25) is 9.59 Å². The molecule has 9 heteroatoms. The molecule has 166 valence electrons. The quantitative estimate of drug-likeness (QED) is 0.420. The molecule has 0 unspecified atom stereocenters. The number of hydrogen-bond donors (Lipinski definition) is 2. The highest BCUT2D eigenvalue weighted by molar-refractivity contribution is 6.33. The summed E-state index contributed by atoms with van der Waals surface area (Å²) in [6, 6.07) is 6.80. The lowest BCUT2D eigenvalue weighted by atomic mass is 9.93. The van der Waals surface area contributed by atoms with Crippen molar-refractivity contribution in [3.8, 4) is 0 Å². The molecule has 0 aliphatic heterocycles. The first-order chi connectivity index (χ1) is 15.5. The van der Waals surface area contributed by atoms with Crippen LogP contribution in [0.15, 0.2) is 52.5 Å². The Bertz CT molecular complexity index is 1150. The number of amides is 2.